The van der Waals surface area contributed by atoms with E-state index in [1.165, 1.54) is 24.3 Å². The molecule has 0 radical (unpaired) electrons. The van der Waals surface area contributed by atoms with Gasteiger partial charge in [-0.2, -0.15) is 4.31 Å². The third-order valence-corrected chi connectivity index (χ3v) is 8.98. The summed E-state index contributed by atoms with van der Waals surface area (Å²) in [5.74, 6) is -3.93. The van der Waals surface area contributed by atoms with Crippen LogP contribution in [0.15, 0.2) is 42.5 Å². The predicted octanol–water partition coefficient (Wildman–Crippen LogP) is -1.09. The van der Waals surface area contributed by atoms with Gasteiger partial charge in [-0.05, 0) is 48.6 Å². The van der Waals surface area contributed by atoms with Gasteiger partial charge in [0, 0.05) is 6.54 Å². The van der Waals surface area contributed by atoms with Gasteiger partial charge < -0.3 is 35.2 Å². The first-order valence-electron chi connectivity index (χ1n) is 12.1. The smallest absolute Gasteiger partial charge is 0.534 e. The van der Waals surface area contributed by atoms with Crippen molar-refractivity contribution in [2.24, 2.45) is 0 Å². The van der Waals surface area contributed by atoms with Crippen molar-refractivity contribution in [1.29, 1.82) is 0 Å². The number of hydrogen-bond donors (Lipinski definition) is 6. The summed E-state index contributed by atoms with van der Waals surface area (Å²) in [6.45, 7) is 0.133. The van der Waals surface area contributed by atoms with Gasteiger partial charge in [0.05, 0.1) is 23.1 Å². The summed E-state index contributed by atoms with van der Waals surface area (Å²) in [6, 6.07) is 6.54. The van der Waals surface area contributed by atoms with E-state index in [0.29, 0.717) is 12.0 Å². The monoisotopic (exact) mass is 595 g/mol. The highest BCUT2D eigenvalue weighted by molar-refractivity contribution is 7.88. The van der Waals surface area contributed by atoms with Crippen LogP contribution in [0.4, 0.5) is 0 Å². The molecule has 2 amide bonds. The number of benzene rings is 2. The van der Waals surface area contributed by atoms with E-state index in [9.17, 15) is 47.3 Å². The Morgan fingerprint density at radius 1 is 1.15 bits per heavy atom. The lowest BCUT2D eigenvalue weighted by Gasteiger charge is -2.31. The molecule has 14 nitrogen and oxygen atoms in total. The molecule has 0 aliphatic carbocycles. The average Bonchev–Trinajstić information content (AvgIpc) is 3.38. The van der Waals surface area contributed by atoms with E-state index in [-0.39, 0.29) is 41.6 Å². The Morgan fingerprint density at radius 3 is 2.42 bits per heavy atom. The van der Waals surface area contributed by atoms with E-state index >= 15 is 0 Å². The van der Waals surface area contributed by atoms with Crippen LogP contribution in [0, 0.1) is 0 Å². The van der Waals surface area contributed by atoms with Crippen molar-refractivity contribution >= 4 is 47.8 Å². The van der Waals surface area contributed by atoms with Gasteiger partial charge in [0.25, 0.3) is 0 Å². The number of sulfonamides is 1. The third-order valence-electron chi connectivity index (χ3n) is 6.72. The van der Waals surface area contributed by atoms with Gasteiger partial charge in [0.2, 0.25) is 21.8 Å². The Labute approximate surface area is 229 Å². The van der Waals surface area contributed by atoms with E-state index in [1.54, 1.807) is 6.07 Å². The molecule has 0 spiro atoms. The highest BCUT2D eigenvalue weighted by Gasteiger charge is 2.41. The fourth-order valence-corrected chi connectivity index (χ4v) is 6.44. The molecule has 1 fully saturated rings. The van der Waals surface area contributed by atoms with Gasteiger partial charge in [-0.1, -0.05) is 24.3 Å². The number of rotatable bonds is 8. The quantitative estimate of drug-likeness (QED) is 0.159. The molecule has 2 aromatic rings. The van der Waals surface area contributed by atoms with Crippen molar-refractivity contribution in [3.63, 3.8) is 0 Å². The topological polar surface area (TPSA) is 220 Å². The van der Waals surface area contributed by atoms with E-state index in [1.807, 2.05) is 0 Å². The van der Waals surface area contributed by atoms with Crippen LogP contribution in [-0.2, 0) is 30.6 Å². The van der Waals surface area contributed by atoms with Gasteiger partial charge in [-0.15, -0.1) is 0 Å². The van der Waals surface area contributed by atoms with E-state index in [4.69, 9.17) is 4.65 Å². The molecule has 2 aliphatic rings. The van der Waals surface area contributed by atoms with Crippen LogP contribution < -0.4 is 20.6 Å². The minimum Gasteiger partial charge on any atom is -0.534 e. The highest BCUT2D eigenvalue weighted by Crippen LogP contribution is 2.34. The molecule has 17 heteroatoms. The van der Waals surface area contributed by atoms with Crippen LogP contribution in [0.5, 0.6) is 5.75 Å². The first-order valence-corrected chi connectivity index (χ1v) is 15.6. The minimum absolute atomic E-state index is 0.00828. The van der Waals surface area contributed by atoms with Crippen LogP contribution in [0.2, 0.25) is 0 Å². The van der Waals surface area contributed by atoms with Gasteiger partial charge in [-0.25, -0.2) is 13.2 Å². The standard InChI is InChI=1S/C23H27BN3O11PS/c1-40(36,37)27-11-3-6-17(27)21(28)26-19(13-7-9-15(10-8-13)39(33,34)35)22(29)25-18-12-14-4-2-5-16(23(30)31)20(14)38-24(18)32/h2,4-5,7-10,17-19,32H,3,6,11-12H2,1H3,(H,25,29)(H,26,28)(H,30,31)(H2,33,34,35)/t17-,18-,19-/m0/s1. The molecule has 3 atom stereocenters. The molecule has 6 N–H and O–H groups in total. The normalized spacial score (nSPS) is 20.2. The summed E-state index contributed by atoms with van der Waals surface area (Å²) < 4.78 is 42.3. The summed E-state index contributed by atoms with van der Waals surface area (Å²) in [5.41, 5.74) is 0.382. The number of amides is 2. The zero-order valence-corrected chi connectivity index (χ0v) is 22.8. The van der Waals surface area contributed by atoms with Crippen molar-refractivity contribution in [2.75, 3.05) is 12.8 Å². The molecule has 4 rings (SSSR count). The average molecular weight is 595 g/mol. The number of carbonyl (C=O) groups is 3. The Balaban J connectivity index is 1.60. The van der Waals surface area contributed by atoms with Crippen molar-refractivity contribution in [2.45, 2.75) is 37.3 Å². The van der Waals surface area contributed by atoms with E-state index < -0.39 is 60.5 Å². The maximum Gasteiger partial charge on any atom is 0.547 e. The lowest BCUT2D eigenvalue weighted by Crippen LogP contribution is -2.56. The number of para-hydroxylation sites is 1. The van der Waals surface area contributed by atoms with Crippen LogP contribution in [-0.4, -0.2) is 82.3 Å². The Morgan fingerprint density at radius 2 is 1.82 bits per heavy atom. The number of nitrogens with zero attached hydrogens (tertiary/aromatic N) is 1. The van der Waals surface area contributed by atoms with Gasteiger partial charge in [0.1, 0.15) is 17.8 Å². The first kappa shape index (κ1) is 29.7. The zero-order valence-electron chi connectivity index (χ0n) is 21.1. The number of carbonyl (C=O) groups excluding carboxylic acids is 2. The summed E-state index contributed by atoms with van der Waals surface area (Å²) in [7, 11) is -9.95. The third kappa shape index (κ3) is 6.38. The van der Waals surface area contributed by atoms with E-state index in [0.717, 1.165) is 22.7 Å². The van der Waals surface area contributed by atoms with Crippen molar-refractivity contribution in [3.8, 4) is 5.75 Å². The fourth-order valence-electron chi connectivity index (χ4n) is 4.78. The number of carboxylic acid groups (broad SMARTS) is 1. The number of nitrogens with one attached hydrogen (secondary N) is 2. The SMILES string of the molecule is CS(=O)(=O)N1CCC[C@H]1C(=O)N[C@H](C(=O)N[C@H]1Cc2cccc(C(=O)O)c2OB1O)c1ccc(P(=O)(O)O)cc1. The maximum atomic E-state index is 13.5. The lowest BCUT2D eigenvalue weighted by atomic mass is 9.72. The molecule has 40 heavy (non-hydrogen) atoms. The summed E-state index contributed by atoms with van der Waals surface area (Å²) >= 11 is 0. The van der Waals surface area contributed by atoms with Crippen molar-refractivity contribution in [1.82, 2.24) is 14.9 Å². The number of fused-ring (bicyclic) bond motifs is 1. The van der Waals surface area contributed by atoms with Crippen molar-refractivity contribution in [3.05, 3.63) is 59.2 Å². The molecule has 1 saturated heterocycles. The largest absolute Gasteiger partial charge is 0.547 e. The van der Waals surface area contributed by atoms with Crippen LogP contribution >= 0.6 is 7.60 Å². The van der Waals surface area contributed by atoms with Crippen LogP contribution in [0.3, 0.4) is 0 Å². The molecule has 0 bridgehead atoms. The number of hydrogen-bond acceptors (Lipinski definition) is 8. The van der Waals surface area contributed by atoms with Crippen LogP contribution in [0.25, 0.3) is 0 Å². The Kier molecular flexibility index (Phi) is 8.40. The Hall–Kier alpha value is -3.27. The second-order valence-corrected chi connectivity index (χ2v) is 13.1. The molecule has 214 valence electrons. The minimum atomic E-state index is -4.60. The molecule has 2 heterocycles. The van der Waals surface area contributed by atoms with Gasteiger partial charge in [-0.3, -0.25) is 14.2 Å². The fraction of sp³-hybridized carbons (Fsp3) is 0.348. The highest BCUT2D eigenvalue weighted by atomic mass is 32.2. The molecule has 2 aromatic carbocycles. The number of carboxylic acids is 1. The zero-order chi connectivity index (χ0) is 29.4. The molecular weight excluding hydrogens is 568 g/mol. The lowest BCUT2D eigenvalue weighted by molar-refractivity contribution is -0.131. The van der Waals surface area contributed by atoms with Crippen LogP contribution in [0.1, 0.15) is 40.4 Å². The van der Waals surface area contributed by atoms with Crippen molar-refractivity contribution < 1.29 is 51.9 Å². The number of aromatic carboxylic acids is 1. The molecule has 0 aromatic heterocycles. The molecular formula is C23H27BN3O11PS. The summed E-state index contributed by atoms with van der Waals surface area (Å²) in [4.78, 5) is 57.0. The Bertz CT molecular complexity index is 1480. The summed E-state index contributed by atoms with van der Waals surface area (Å²) in [5, 5.41) is 24.7. The van der Waals surface area contributed by atoms with Gasteiger partial charge >= 0.3 is 20.7 Å². The summed E-state index contributed by atoms with van der Waals surface area (Å²) in [6.07, 6.45) is 1.62. The second kappa shape index (κ2) is 11.3. The second-order valence-electron chi connectivity index (χ2n) is 9.54. The maximum absolute atomic E-state index is 13.5. The predicted molar refractivity (Wildman–Crippen MR) is 141 cm³/mol. The molecule has 2 aliphatic heterocycles. The first-order chi connectivity index (χ1) is 18.7. The van der Waals surface area contributed by atoms with E-state index in [2.05, 4.69) is 10.6 Å². The molecule has 0 unspecified atom stereocenters. The van der Waals surface area contributed by atoms with Gasteiger partial charge in [0.15, 0.2) is 0 Å². The molecule has 0 saturated carbocycles.